The number of hydrogen-bond acceptors (Lipinski definition) is 6. The Kier molecular flexibility index (Phi) is 5.36. The fourth-order valence-electron chi connectivity index (χ4n) is 3.90. The Morgan fingerprint density at radius 3 is 2.74 bits per heavy atom. The zero-order valence-electron chi connectivity index (χ0n) is 15.9. The Hall–Kier alpha value is -2.44. The second kappa shape index (κ2) is 8.06. The summed E-state index contributed by atoms with van der Waals surface area (Å²) < 4.78 is 5.21. The van der Waals surface area contributed by atoms with Gasteiger partial charge in [-0.3, -0.25) is 4.79 Å². The van der Waals surface area contributed by atoms with Crippen LogP contribution in [0.3, 0.4) is 0 Å². The molecule has 27 heavy (non-hydrogen) atoms. The number of carbonyl (C=O) groups excluding carboxylic acids is 1. The van der Waals surface area contributed by atoms with E-state index in [1.165, 1.54) is 19.3 Å². The molecule has 1 aliphatic heterocycles. The first-order valence-corrected chi connectivity index (χ1v) is 10.0. The van der Waals surface area contributed by atoms with E-state index < -0.39 is 0 Å². The summed E-state index contributed by atoms with van der Waals surface area (Å²) in [5.41, 5.74) is 0.819. The number of amides is 1. The van der Waals surface area contributed by atoms with Crippen LogP contribution in [-0.4, -0.2) is 40.2 Å². The number of nitrogens with one attached hydrogen (secondary N) is 1. The molecule has 2 aromatic rings. The lowest BCUT2D eigenvalue weighted by Crippen LogP contribution is -2.36. The highest BCUT2D eigenvalue weighted by atomic mass is 16.5. The zero-order valence-corrected chi connectivity index (χ0v) is 15.9. The molecule has 7 nitrogen and oxygen atoms in total. The molecule has 1 saturated carbocycles. The number of pyridine rings is 1. The zero-order chi connectivity index (χ0) is 18.6. The van der Waals surface area contributed by atoms with Crippen LogP contribution in [0, 0.1) is 5.92 Å². The van der Waals surface area contributed by atoms with E-state index in [0.717, 1.165) is 56.1 Å². The van der Waals surface area contributed by atoms with Gasteiger partial charge in [0.15, 0.2) is 0 Å². The highest BCUT2D eigenvalue weighted by Gasteiger charge is 2.22. The Morgan fingerprint density at radius 2 is 1.96 bits per heavy atom. The Bertz CT molecular complexity index is 776. The smallest absolute Gasteiger partial charge is 0.316 e. The number of hydrogen-bond donors (Lipinski definition) is 1. The van der Waals surface area contributed by atoms with Crippen molar-refractivity contribution in [3.05, 3.63) is 24.2 Å². The van der Waals surface area contributed by atoms with E-state index in [1.54, 1.807) is 6.20 Å². The van der Waals surface area contributed by atoms with Crippen LogP contribution >= 0.6 is 0 Å². The van der Waals surface area contributed by atoms with Crippen LogP contribution in [0.15, 0.2) is 22.9 Å². The Balaban J connectivity index is 1.44. The molecular weight excluding hydrogens is 342 g/mol. The monoisotopic (exact) mass is 369 g/mol. The minimum Gasteiger partial charge on any atom is -0.357 e. The normalized spacial score (nSPS) is 19.2. The Morgan fingerprint density at radius 1 is 1.19 bits per heavy atom. The number of rotatable bonds is 4. The third-order valence-electron chi connectivity index (χ3n) is 5.67. The van der Waals surface area contributed by atoms with E-state index in [2.05, 4.69) is 32.3 Å². The molecule has 0 bridgehead atoms. The van der Waals surface area contributed by atoms with Gasteiger partial charge in [0.25, 0.3) is 0 Å². The standard InChI is InChI=1S/C20H27N5O2/c1-14-8-11-25(12-9-14)17-13-15(7-10-21-17)18-23-20(27-24-18)19(26)22-16-5-3-2-4-6-16/h7,10,13-14,16H,2-6,8-9,11-12H2,1H3,(H,22,26). The van der Waals surface area contributed by atoms with Crippen LogP contribution in [0.25, 0.3) is 11.4 Å². The first kappa shape index (κ1) is 17.9. The molecule has 1 amide bonds. The highest BCUT2D eigenvalue weighted by Crippen LogP contribution is 2.25. The lowest BCUT2D eigenvalue weighted by molar-refractivity contribution is 0.0883. The Labute approximate surface area is 159 Å². The third-order valence-corrected chi connectivity index (χ3v) is 5.67. The van der Waals surface area contributed by atoms with Gasteiger partial charge < -0.3 is 14.7 Å². The number of aromatic nitrogens is 3. The van der Waals surface area contributed by atoms with Gasteiger partial charge in [-0.1, -0.05) is 31.3 Å². The molecule has 0 spiro atoms. The van der Waals surface area contributed by atoms with Crippen molar-refractivity contribution >= 4 is 11.7 Å². The van der Waals surface area contributed by atoms with Gasteiger partial charge in [-0.05, 0) is 43.7 Å². The van der Waals surface area contributed by atoms with E-state index in [1.807, 2.05) is 12.1 Å². The lowest BCUT2D eigenvalue weighted by atomic mass is 9.95. The van der Waals surface area contributed by atoms with Crippen molar-refractivity contribution in [1.82, 2.24) is 20.4 Å². The summed E-state index contributed by atoms with van der Waals surface area (Å²) in [5.74, 6) is 1.88. The molecule has 1 saturated heterocycles. The van der Waals surface area contributed by atoms with Crippen LogP contribution in [0.4, 0.5) is 5.82 Å². The highest BCUT2D eigenvalue weighted by molar-refractivity contribution is 5.90. The first-order chi connectivity index (χ1) is 13.2. The predicted octanol–water partition coefficient (Wildman–Crippen LogP) is 3.43. The van der Waals surface area contributed by atoms with Gasteiger partial charge in [-0.2, -0.15) is 4.98 Å². The second-order valence-electron chi connectivity index (χ2n) is 7.80. The molecule has 4 rings (SSSR count). The van der Waals surface area contributed by atoms with Crippen LogP contribution in [-0.2, 0) is 0 Å². The SMILES string of the molecule is CC1CCN(c2cc(-c3noc(C(=O)NC4CCCCC4)n3)ccn2)CC1. The second-order valence-corrected chi connectivity index (χ2v) is 7.80. The lowest BCUT2D eigenvalue weighted by Gasteiger charge is -2.31. The van der Waals surface area contributed by atoms with E-state index in [4.69, 9.17) is 4.52 Å². The molecule has 2 aliphatic rings. The summed E-state index contributed by atoms with van der Waals surface area (Å²) in [6.45, 7) is 4.32. The molecule has 0 atom stereocenters. The topological polar surface area (TPSA) is 84.2 Å². The van der Waals surface area contributed by atoms with Crippen molar-refractivity contribution in [2.75, 3.05) is 18.0 Å². The van der Waals surface area contributed by atoms with Crippen molar-refractivity contribution in [3.8, 4) is 11.4 Å². The average molecular weight is 369 g/mol. The van der Waals surface area contributed by atoms with E-state index in [9.17, 15) is 4.79 Å². The number of anilines is 1. The maximum Gasteiger partial charge on any atom is 0.316 e. The fraction of sp³-hybridized carbons (Fsp3) is 0.600. The van der Waals surface area contributed by atoms with Gasteiger partial charge in [-0.15, -0.1) is 0 Å². The van der Waals surface area contributed by atoms with E-state index in [0.29, 0.717) is 5.82 Å². The summed E-state index contributed by atoms with van der Waals surface area (Å²) >= 11 is 0. The molecule has 0 unspecified atom stereocenters. The maximum absolute atomic E-state index is 12.4. The molecule has 3 heterocycles. The minimum absolute atomic E-state index is 0.0285. The quantitative estimate of drug-likeness (QED) is 0.889. The van der Waals surface area contributed by atoms with Gasteiger partial charge in [-0.25, -0.2) is 4.98 Å². The van der Waals surface area contributed by atoms with Gasteiger partial charge in [0, 0.05) is 30.9 Å². The van der Waals surface area contributed by atoms with Gasteiger partial charge >= 0.3 is 11.8 Å². The summed E-state index contributed by atoms with van der Waals surface area (Å²) in [6, 6.07) is 4.04. The van der Waals surface area contributed by atoms with Gasteiger partial charge in [0.05, 0.1) is 0 Å². The molecule has 0 aromatic carbocycles. The number of carbonyl (C=O) groups is 1. The molecule has 0 radical (unpaired) electrons. The average Bonchev–Trinajstić information content (AvgIpc) is 3.20. The van der Waals surface area contributed by atoms with Crippen molar-refractivity contribution < 1.29 is 9.32 Å². The van der Waals surface area contributed by atoms with E-state index in [-0.39, 0.29) is 17.8 Å². The van der Waals surface area contributed by atoms with Crippen molar-refractivity contribution in [2.45, 2.75) is 57.9 Å². The third kappa shape index (κ3) is 4.28. The van der Waals surface area contributed by atoms with Gasteiger partial charge in [0.2, 0.25) is 5.82 Å². The van der Waals surface area contributed by atoms with Crippen LogP contribution in [0.2, 0.25) is 0 Å². The molecule has 2 fully saturated rings. The van der Waals surface area contributed by atoms with Crippen LogP contribution in [0.5, 0.6) is 0 Å². The van der Waals surface area contributed by atoms with Crippen LogP contribution in [0.1, 0.15) is 62.6 Å². The summed E-state index contributed by atoms with van der Waals surface area (Å²) in [7, 11) is 0. The first-order valence-electron chi connectivity index (χ1n) is 10.0. The number of piperidine rings is 1. The minimum atomic E-state index is -0.278. The van der Waals surface area contributed by atoms with Crippen LogP contribution < -0.4 is 10.2 Å². The van der Waals surface area contributed by atoms with Crippen molar-refractivity contribution in [2.24, 2.45) is 5.92 Å². The summed E-state index contributed by atoms with van der Waals surface area (Å²) in [6.07, 6.45) is 9.74. The molecule has 144 valence electrons. The fourth-order valence-corrected chi connectivity index (χ4v) is 3.90. The molecular formula is C20H27N5O2. The van der Waals surface area contributed by atoms with Crippen molar-refractivity contribution in [3.63, 3.8) is 0 Å². The summed E-state index contributed by atoms with van der Waals surface area (Å²) in [4.78, 5) is 23.5. The molecule has 1 N–H and O–H groups in total. The van der Waals surface area contributed by atoms with Crippen molar-refractivity contribution in [1.29, 1.82) is 0 Å². The molecule has 1 aliphatic carbocycles. The molecule has 2 aromatic heterocycles. The summed E-state index contributed by atoms with van der Waals surface area (Å²) in [5, 5.41) is 7.02. The largest absolute Gasteiger partial charge is 0.357 e. The van der Waals surface area contributed by atoms with E-state index >= 15 is 0 Å². The maximum atomic E-state index is 12.4. The number of nitrogens with zero attached hydrogens (tertiary/aromatic N) is 4. The van der Waals surface area contributed by atoms with Gasteiger partial charge in [0.1, 0.15) is 5.82 Å². The predicted molar refractivity (Wildman–Crippen MR) is 102 cm³/mol. The molecule has 7 heteroatoms.